The smallest absolute Gasteiger partial charge is 0.319 e. The van der Waals surface area contributed by atoms with Gasteiger partial charge < -0.3 is 20.5 Å². The molecule has 0 radical (unpaired) electrons. The number of esters is 1. The normalized spacial score (nSPS) is 50.2. The number of carbonyl (C=O) groups excluding carboxylic acids is 1. The molecule has 4 aliphatic carbocycles. The first-order chi connectivity index (χ1) is 16.3. The van der Waals surface area contributed by atoms with Crippen LogP contribution >= 0.6 is 0 Å². The zero-order chi connectivity index (χ0) is 23.7. The molecular formula is C29H46N2O3. The molecule has 5 fully saturated rings. The topological polar surface area (TPSA) is 73.6 Å². The molecule has 2 saturated heterocycles. The number of rotatable bonds is 2. The van der Waals surface area contributed by atoms with E-state index in [2.05, 4.69) is 26.1 Å². The van der Waals surface area contributed by atoms with Crippen LogP contribution in [0.2, 0.25) is 0 Å². The highest BCUT2D eigenvalue weighted by Gasteiger charge is 2.58. The highest BCUT2D eigenvalue weighted by Crippen LogP contribution is 2.65. The minimum atomic E-state index is -0.237. The molecule has 6 aliphatic rings. The molecule has 10 unspecified atom stereocenters. The molecule has 0 bridgehead atoms. The number of piperidine rings is 1. The van der Waals surface area contributed by atoms with Crippen molar-refractivity contribution in [2.24, 2.45) is 40.7 Å². The van der Waals surface area contributed by atoms with Gasteiger partial charge in [-0.1, -0.05) is 25.0 Å². The van der Waals surface area contributed by atoms with Gasteiger partial charge in [-0.15, -0.1) is 0 Å². The van der Waals surface area contributed by atoms with Crippen molar-refractivity contribution in [2.75, 3.05) is 13.1 Å². The first kappa shape index (κ1) is 23.5. The zero-order valence-corrected chi connectivity index (χ0v) is 21.6. The SMILES string of the molecule is CC1=C2CC3C(CCC4CC(OC(=O)CN)CCC43C)C2CCC2(C1)CC1NCC(C)CC1O2. The molecule has 3 N–H and O–H groups in total. The van der Waals surface area contributed by atoms with Gasteiger partial charge in [-0.2, -0.15) is 0 Å². The summed E-state index contributed by atoms with van der Waals surface area (Å²) in [5, 5.41) is 3.81. The van der Waals surface area contributed by atoms with Crippen LogP contribution in [-0.4, -0.2) is 42.9 Å². The number of carbonyl (C=O) groups is 1. The molecule has 0 amide bonds. The third-order valence-corrected chi connectivity index (χ3v) is 11.4. The molecule has 190 valence electrons. The molecule has 10 atom stereocenters. The number of nitrogens with one attached hydrogen (secondary N) is 1. The molecule has 5 heteroatoms. The quantitative estimate of drug-likeness (QED) is 0.451. The Labute approximate surface area is 206 Å². The van der Waals surface area contributed by atoms with Crippen LogP contribution in [0.5, 0.6) is 0 Å². The maximum absolute atomic E-state index is 11.8. The van der Waals surface area contributed by atoms with Crippen molar-refractivity contribution in [1.29, 1.82) is 0 Å². The fraction of sp³-hybridized carbons (Fsp3) is 0.897. The van der Waals surface area contributed by atoms with Gasteiger partial charge >= 0.3 is 5.97 Å². The van der Waals surface area contributed by atoms with Crippen LogP contribution in [0, 0.1) is 35.0 Å². The first-order valence-corrected chi connectivity index (χ1v) is 14.3. The molecule has 2 aliphatic heterocycles. The van der Waals surface area contributed by atoms with Gasteiger partial charge in [-0.25, -0.2) is 0 Å². The van der Waals surface area contributed by atoms with Crippen molar-refractivity contribution in [3.05, 3.63) is 11.1 Å². The van der Waals surface area contributed by atoms with Crippen molar-refractivity contribution in [1.82, 2.24) is 5.32 Å². The van der Waals surface area contributed by atoms with Gasteiger partial charge in [0.1, 0.15) is 6.10 Å². The summed E-state index contributed by atoms with van der Waals surface area (Å²) in [4.78, 5) is 11.8. The van der Waals surface area contributed by atoms with Crippen LogP contribution in [0.3, 0.4) is 0 Å². The van der Waals surface area contributed by atoms with Gasteiger partial charge in [-0.3, -0.25) is 4.79 Å². The highest BCUT2D eigenvalue weighted by molar-refractivity contribution is 5.71. The van der Waals surface area contributed by atoms with Crippen LogP contribution in [-0.2, 0) is 14.3 Å². The van der Waals surface area contributed by atoms with Gasteiger partial charge in [0.2, 0.25) is 0 Å². The maximum Gasteiger partial charge on any atom is 0.319 e. The predicted octanol–water partition coefficient (Wildman–Crippen LogP) is 4.74. The van der Waals surface area contributed by atoms with E-state index in [1.54, 1.807) is 5.57 Å². The molecule has 2 heterocycles. The van der Waals surface area contributed by atoms with Crippen molar-refractivity contribution in [3.63, 3.8) is 0 Å². The van der Waals surface area contributed by atoms with Gasteiger partial charge in [-0.05, 0) is 119 Å². The second-order valence-electron chi connectivity index (χ2n) is 13.4. The standard InChI is InChI=1S/C29H46N2O3/c1-17-10-26-25(31-16-17)14-29(34-26)9-7-21-22-5-4-19-11-20(33-27(32)15-30)6-8-28(19,3)24(22)12-23(21)18(2)13-29/h17,19-22,24-26,31H,4-16,30H2,1-3H3. The highest BCUT2D eigenvalue weighted by atomic mass is 16.5. The fourth-order valence-corrected chi connectivity index (χ4v) is 9.74. The van der Waals surface area contributed by atoms with Crippen LogP contribution < -0.4 is 11.1 Å². The van der Waals surface area contributed by atoms with E-state index < -0.39 is 0 Å². The maximum atomic E-state index is 11.8. The summed E-state index contributed by atoms with van der Waals surface area (Å²) in [5.74, 6) is 3.59. The van der Waals surface area contributed by atoms with Crippen LogP contribution in [0.4, 0.5) is 0 Å². The van der Waals surface area contributed by atoms with Crippen molar-refractivity contribution in [2.45, 2.75) is 115 Å². The Kier molecular flexibility index (Phi) is 5.93. The monoisotopic (exact) mass is 470 g/mol. The number of allylic oxidation sites excluding steroid dienone is 1. The van der Waals surface area contributed by atoms with Crippen molar-refractivity contribution in [3.8, 4) is 0 Å². The van der Waals surface area contributed by atoms with Crippen LogP contribution in [0.25, 0.3) is 0 Å². The number of nitrogens with two attached hydrogens (primary N) is 1. The number of hydrogen-bond donors (Lipinski definition) is 2. The molecule has 5 nitrogen and oxygen atoms in total. The molecular weight excluding hydrogens is 424 g/mol. The average Bonchev–Trinajstić information content (AvgIpc) is 3.32. The van der Waals surface area contributed by atoms with Crippen LogP contribution in [0.1, 0.15) is 91.4 Å². The molecule has 1 spiro atoms. The Balaban J connectivity index is 1.19. The first-order valence-electron chi connectivity index (χ1n) is 14.3. The number of ether oxygens (including phenoxy) is 2. The van der Waals surface area contributed by atoms with E-state index in [-0.39, 0.29) is 24.2 Å². The van der Waals surface area contributed by atoms with E-state index in [1.165, 1.54) is 51.4 Å². The summed E-state index contributed by atoms with van der Waals surface area (Å²) < 4.78 is 12.6. The van der Waals surface area contributed by atoms with E-state index in [9.17, 15) is 4.79 Å². The summed E-state index contributed by atoms with van der Waals surface area (Å²) in [7, 11) is 0. The Morgan fingerprint density at radius 3 is 2.88 bits per heavy atom. The molecule has 0 aromatic heterocycles. The average molecular weight is 471 g/mol. The molecule has 0 aromatic rings. The van der Waals surface area contributed by atoms with Gasteiger partial charge in [0.05, 0.1) is 18.2 Å². The van der Waals surface area contributed by atoms with E-state index in [0.717, 1.165) is 49.5 Å². The third kappa shape index (κ3) is 3.80. The Bertz CT molecular complexity index is 856. The van der Waals surface area contributed by atoms with E-state index >= 15 is 0 Å². The summed E-state index contributed by atoms with van der Waals surface area (Å²) in [6.07, 6.45) is 13.8. The summed E-state index contributed by atoms with van der Waals surface area (Å²) in [6.45, 7) is 8.53. The number of fused-ring (bicyclic) bond motifs is 6. The lowest BCUT2D eigenvalue weighted by Gasteiger charge is -2.54. The summed E-state index contributed by atoms with van der Waals surface area (Å²) in [5.41, 5.74) is 9.44. The second-order valence-corrected chi connectivity index (χ2v) is 13.4. The van der Waals surface area contributed by atoms with Crippen molar-refractivity contribution < 1.29 is 14.3 Å². The minimum Gasteiger partial charge on any atom is -0.461 e. The van der Waals surface area contributed by atoms with Gasteiger partial charge in [0, 0.05) is 6.04 Å². The van der Waals surface area contributed by atoms with E-state index in [0.29, 0.717) is 23.5 Å². The van der Waals surface area contributed by atoms with E-state index in [1.807, 2.05) is 5.57 Å². The Hall–Kier alpha value is -0.910. The molecule has 6 rings (SSSR count). The Morgan fingerprint density at radius 1 is 1.21 bits per heavy atom. The van der Waals surface area contributed by atoms with Crippen LogP contribution in [0.15, 0.2) is 11.1 Å². The van der Waals surface area contributed by atoms with Gasteiger partial charge in [0.15, 0.2) is 0 Å². The molecule has 0 aromatic carbocycles. The predicted molar refractivity (Wildman–Crippen MR) is 133 cm³/mol. The molecule has 34 heavy (non-hydrogen) atoms. The summed E-state index contributed by atoms with van der Waals surface area (Å²) in [6, 6.07) is 0.567. The lowest BCUT2D eigenvalue weighted by Crippen LogP contribution is -2.48. The lowest BCUT2D eigenvalue weighted by molar-refractivity contribution is -0.155. The second kappa shape index (κ2) is 8.59. The lowest BCUT2D eigenvalue weighted by atomic mass is 9.52. The minimum absolute atomic E-state index is 0.0000319. The summed E-state index contributed by atoms with van der Waals surface area (Å²) >= 11 is 0. The van der Waals surface area contributed by atoms with E-state index in [4.69, 9.17) is 15.2 Å². The molecule has 3 saturated carbocycles. The number of hydrogen-bond acceptors (Lipinski definition) is 5. The zero-order valence-electron chi connectivity index (χ0n) is 21.6. The fourth-order valence-electron chi connectivity index (χ4n) is 9.74. The third-order valence-electron chi connectivity index (χ3n) is 11.4. The Morgan fingerprint density at radius 2 is 2.06 bits per heavy atom. The largest absolute Gasteiger partial charge is 0.461 e. The van der Waals surface area contributed by atoms with Gasteiger partial charge in [0.25, 0.3) is 0 Å². The van der Waals surface area contributed by atoms with Crippen molar-refractivity contribution >= 4 is 5.97 Å².